The monoisotopic (exact) mass is 386 g/mol. The zero-order valence-corrected chi connectivity index (χ0v) is 15.8. The third kappa shape index (κ3) is 4.03. The molecule has 0 aromatic heterocycles. The van der Waals surface area contributed by atoms with Gasteiger partial charge in [-0.05, 0) is 78.5 Å². The summed E-state index contributed by atoms with van der Waals surface area (Å²) in [6.45, 7) is 2.20. The van der Waals surface area contributed by atoms with Crippen molar-refractivity contribution in [3.8, 4) is 5.75 Å². The van der Waals surface area contributed by atoms with Crippen molar-refractivity contribution >= 4 is 5.97 Å². The van der Waals surface area contributed by atoms with Crippen LogP contribution in [0.4, 0.5) is 8.78 Å². The van der Waals surface area contributed by atoms with Gasteiger partial charge in [-0.1, -0.05) is 19.1 Å². The molecule has 0 saturated heterocycles. The zero-order chi connectivity index (χ0) is 19.8. The van der Waals surface area contributed by atoms with Crippen molar-refractivity contribution in [3.05, 3.63) is 65.2 Å². The van der Waals surface area contributed by atoms with Crippen molar-refractivity contribution in [1.29, 1.82) is 0 Å². The lowest BCUT2D eigenvalue weighted by molar-refractivity contribution is -0.142. The summed E-state index contributed by atoms with van der Waals surface area (Å²) in [7, 11) is 0. The molecule has 2 aliphatic rings. The topological polar surface area (TPSA) is 46.5 Å². The number of rotatable bonds is 8. The Bertz CT molecular complexity index is 878. The third-order valence-electron chi connectivity index (χ3n) is 6.05. The van der Waals surface area contributed by atoms with E-state index in [-0.39, 0.29) is 23.6 Å². The van der Waals surface area contributed by atoms with E-state index in [4.69, 9.17) is 4.74 Å². The molecule has 0 unspecified atom stereocenters. The number of ether oxygens (including phenoxy) is 1. The van der Waals surface area contributed by atoms with Crippen molar-refractivity contribution < 1.29 is 23.4 Å². The molecule has 4 rings (SSSR count). The largest absolute Gasteiger partial charge is 0.493 e. The number of carbonyl (C=O) groups is 1. The van der Waals surface area contributed by atoms with Gasteiger partial charge >= 0.3 is 5.97 Å². The maximum atomic E-state index is 13.9. The molecule has 0 aliphatic heterocycles. The number of carboxylic acid groups (broad SMARTS) is 1. The molecule has 0 heterocycles. The molecule has 148 valence electrons. The van der Waals surface area contributed by atoms with Gasteiger partial charge in [-0.3, -0.25) is 4.79 Å². The number of hydrogen-bond acceptors (Lipinski definition) is 2. The molecule has 4 atom stereocenters. The van der Waals surface area contributed by atoms with Gasteiger partial charge in [-0.2, -0.15) is 0 Å². The van der Waals surface area contributed by atoms with Crippen LogP contribution in [0.3, 0.4) is 0 Å². The maximum Gasteiger partial charge on any atom is 0.306 e. The summed E-state index contributed by atoms with van der Waals surface area (Å²) in [5.41, 5.74) is 1.42. The standard InChI is InChI=1S/C23H24F2O3/c1-13(23(26)27)22(14-5-6-14)15-3-2-4-18(9-15)28-12-16-10-19(16)20-11-17(24)7-8-21(20)25/h2-4,7-9,11,13-14,16,19,22H,5-6,10,12H2,1H3,(H,26,27)/t13-,16+,19-,22-/m0/s1. The Morgan fingerprint density at radius 1 is 1.21 bits per heavy atom. The van der Waals surface area contributed by atoms with E-state index in [9.17, 15) is 18.7 Å². The van der Waals surface area contributed by atoms with Crippen molar-refractivity contribution in [1.82, 2.24) is 0 Å². The average molecular weight is 386 g/mol. The van der Waals surface area contributed by atoms with E-state index in [2.05, 4.69) is 0 Å². The van der Waals surface area contributed by atoms with Gasteiger partial charge < -0.3 is 9.84 Å². The van der Waals surface area contributed by atoms with E-state index >= 15 is 0 Å². The zero-order valence-electron chi connectivity index (χ0n) is 15.8. The fraction of sp³-hybridized carbons (Fsp3) is 0.435. The number of halogens is 2. The first-order valence-corrected chi connectivity index (χ1v) is 9.84. The van der Waals surface area contributed by atoms with Crippen molar-refractivity contribution in [2.75, 3.05) is 6.61 Å². The Labute approximate surface area is 163 Å². The quantitative estimate of drug-likeness (QED) is 0.664. The predicted molar refractivity (Wildman–Crippen MR) is 101 cm³/mol. The minimum Gasteiger partial charge on any atom is -0.493 e. The van der Waals surface area contributed by atoms with E-state index in [1.165, 1.54) is 12.1 Å². The van der Waals surface area contributed by atoms with Crippen LogP contribution in [0.2, 0.25) is 0 Å². The first kappa shape index (κ1) is 18.9. The maximum absolute atomic E-state index is 13.9. The molecule has 3 nitrogen and oxygen atoms in total. The van der Waals surface area contributed by atoms with Crippen LogP contribution in [0.15, 0.2) is 42.5 Å². The SMILES string of the molecule is C[C@H](C(=O)O)[C@H](c1cccc(OC[C@H]2C[C@@H]2c2cc(F)ccc2F)c1)C1CC1. The number of aliphatic carboxylic acids is 1. The van der Waals surface area contributed by atoms with Crippen LogP contribution in [-0.4, -0.2) is 17.7 Å². The minimum atomic E-state index is -0.777. The first-order valence-electron chi connectivity index (χ1n) is 9.84. The number of carboxylic acids is 1. The van der Waals surface area contributed by atoms with Crippen LogP contribution >= 0.6 is 0 Å². The van der Waals surface area contributed by atoms with Gasteiger partial charge in [-0.25, -0.2) is 8.78 Å². The second-order valence-corrected chi connectivity index (χ2v) is 8.14. The van der Waals surface area contributed by atoms with Gasteiger partial charge in [0.05, 0.1) is 12.5 Å². The first-order chi connectivity index (χ1) is 13.4. The fourth-order valence-corrected chi connectivity index (χ4v) is 4.20. The summed E-state index contributed by atoms with van der Waals surface area (Å²) in [4.78, 5) is 11.5. The van der Waals surface area contributed by atoms with Gasteiger partial charge in [0.15, 0.2) is 0 Å². The normalized spacial score (nSPS) is 23.1. The highest BCUT2D eigenvalue weighted by atomic mass is 19.1. The Morgan fingerprint density at radius 2 is 2.00 bits per heavy atom. The van der Waals surface area contributed by atoms with Crippen molar-refractivity contribution in [2.45, 2.75) is 38.0 Å². The summed E-state index contributed by atoms with van der Waals surface area (Å²) >= 11 is 0. The van der Waals surface area contributed by atoms with Gasteiger partial charge in [0.1, 0.15) is 17.4 Å². The third-order valence-corrected chi connectivity index (χ3v) is 6.05. The van der Waals surface area contributed by atoms with Crippen LogP contribution in [0, 0.1) is 29.4 Å². The van der Waals surface area contributed by atoms with Gasteiger partial charge in [0.25, 0.3) is 0 Å². The van der Waals surface area contributed by atoms with Crippen LogP contribution in [0.25, 0.3) is 0 Å². The molecule has 2 aromatic rings. The molecule has 0 bridgehead atoms. The second kappa shape index (κ2) is 7.53. The Kier molecular flexibility index (Phi) is 5.09. The van der Waals surface area contributed by atoms with E-state index in [1.54, 1.807) is 6.92 Å². The Hall–Kier alpha value is -2.43. The summed E-state index contributed by atoms with van der Waals surface area (Å²) in [5.74, 6) is -0.734. The molecular weight excluding hydrogens is 362 g/mol. The highest BCUT2D eigenvalue weighted by molar-refractivity contribution is 5.71. The molecule has 0 radical (unpaired) electrons. The molecule has 2 aromatic carbocycles. The fourth-order valence-electron chi connectivity index (χ4n) is 4.20. The van der Waals surface area contributed by atoms with E-state index in [1.807, 2.05) is 24.3 Å². The molecule has 2 aliphatic carbocycles. The highest BCUT2D eigenvalue weighted by Gasteiger charge is 2.41. The van der Waals surface area contributed by atoms with Gasteiger partial charge in [0, 0.05) is 5.92 Å². The van der Waals surface area contributed by atoms with E-state index in [0.717, 1.165) is 30.9 Å². The predicted octanol–water partition coefficient (Wildman–Crippen LogP) is 5.36. The van der Waals surface area contributed by atoms with Crippen LogP contribution < -0.4 is 4.74 Å². The number of hydrogen-bond donors (Lipinski definition) is 1. The molecule has 5 heteroatoms. The van der Waals surface area contributed by atoms with Crippen LogP contribution in [-0.2, 0) is 4.79 Å². The molecule has 28 heavy (non-hydrogen) atoms. The molecule has 2 saturated carbocycles. The van der Waals surface area contributed by atoms with E-state index < -0.39 is 17.7 Å². The second-order valence-electron chi connectivity index (χ2n) is 8.14. The Balaban J connectivity index is 1.41. The van der Waals surface area contributed by atoms with E-state index in [0.29, 0.717) is 23.8 Å². The highest BCUT2D eigenvalue weighted by Crippen LogP contribution is 2.49. The lowest BCUT2D eigenvalue weighted by atomic mass is 9.83. The molecule has 0 spiro atoms. The lowest BCUT2D eigenvalue weighted by Crippen LogP contribution is -2.20. The molecule has 1 N–H and O–H groups in total. The molecule has 0 amide bonds. The molecular formula is C23H24F2O3. The van der Waals surface area contributed by atoms with Crippen LogP contribution in [0.5, 0.6) is 5.75 Å². The summed E-state index contributed by atoms with van der Waals surface area (Å²) in [5, 5.41) is 9.43. The Morgan fingerprint density at radius 3 is 2.71 bits per heavy atom. The van der Waals surface area contributed by atoms with Gasteiger partial charge in [0.2, 0.25) is 0 Å². The smallest absolute Gasteiger partial charge is 0.306 e. The van der Waals surface area contributed by atoms with Crippen LogP contribution in [0.1, 0.15) is 49.1 Å². The number of benzene rings is 2. The minimum absolute atomic E-state index is 0.00360. The summed E-state index contributed by atoms with van der Waals surface area (Å²) in [6, 6.07) is 11.2. The van der Waals surface area contributed by atoms with Crippen molar-refractivity contribution in [2.24, 2.45) is 17.8 Å². The lowest BCUT2D eigenvalue weighted by Gasteiger charge is -2.21. The summed E-state index contributed by atoms with van der Waals surface area (Å²) < 4.78 is 33.2. The summed E-state index contributed by atoms with van der Waals surface area (Å²) in [6.07, 6.45) is 2.91. The van der Waals surface area contributed by atoms with Crippen molar-refractivity contribution in [3.63, 3.8) is 0 Å². The van der Waals surface area contributed by atoms with Gasteiger partial charge in [-0.15, -0.1) is 0 Å². The average Bonchev–Trinajstić information content (AvgIpc) is 3.58. The molecule has 2 fully saturated rings.